The first-order chi connectivity index (χ1) is 19.1. The predicted octanol–water partition coefficient (Wildman–Crippen LogP) is 1.58. The number of nitrogens with two attached hydrogens (primary N) is 1. The van der Waals surface area contributed by atoms with Crippen molar-refractivity contribution in [3.8, 4) is 5.75 Å². The summed E-state index contributed by atoms with van der Waals surface area (Å²) in [4.78, 5) is 45.4. The largest absolute Gasteiger partial charge is 0.508 e. The highest BCUT2D eigenvalue weighted by atomic mass is 16.3. The van der Waals surface area contributed by atoms with Crippen molar-refractivity contribution in [2.24, 2.45) is 17.6 Å². The second kappa shape index (κ2) is 9.85. The Morgan fingerprint density at radius 3 is 2.37 bits per heavy atom. The number of anilines is 1. The first-order valence-corrected chi connectivity index (χ1v) is 14.1. The maximum atomic E-state index is 14.1. The van der Waals surface area contributed by atoms with E-state index in [1.165, 1.54) is 4.90 Å². The van der Waals surface area contributed by atoms with Gasteiger partial charge in [-0.2, -0.15) is 0 Å². The number of carbonyl (C=O) groups excluding carboxylic acids is 3. The predicted molar refractivity (Wildman–Crippen MR) is 152 cm³/mol. The average Bonchev–Trinajstić information content (AvgIpc) is 3.35. The van der Waals surface area contributed by atoms with E-state index >= 15 is 0 Å². The molecule has 3 aliphatic carbocycles. The van der Waals surface area contributed by atoms with Crippen LogP contribution < -0.4 is 10.6 Å². The number of benzene rings is 1. The molecule has 5 atom stereocenters. The highest BCUT2D eigenvalue weighted by molar-refractivity contribution is 6.24. The lowest BCUT2D eigenvalue weighted by atomic mass is 9.57. The van der Waals surface area contributed by atoms with E-state index in [1.807, 2.05) is 19.0 Å². The second-order valence-electron chi connectivity index (χ2n) is 12.5. The van der Waals surface area contributed by atoms with E-state index in [0.29, 0.717) is 11.6 Å². The summed E-state index contributed by atoms with van der Waals surface area (Å²) >= 11 is 0. The van der Waals surface area contributed by atoms with Crippen LogP contribution in [-0.4, -0.2) is 100 Å². The summed E-state index contributed by atoms with van der Waals surface area (Å²) in [5, 5.41) is 45.7. The van der Waals surface area contributed by atoms with Crippen molar-refractivity contribution in [2.75, 3.05) is 39.6 Å². The Morgan fingerprint density at radius 2 is 1.80 bits per heavy atom. The molecule has 1 saturated heterocycles. The van der Waals surface area contributed by atoms with Crippen LogP contribution in [0.3, 0.4) is 0 Å². The van der Waals surface area contributed by atoms with Crippen LogP contribution >= 0.6 is 0 Å². The number of amides is 1. The minimum Gasteiger partial charge on any atom is -0.508 e. The molecule has 41 heavy (non-hydrogen) atoms. The van der Waals surface area contributed by atoms with Crippen molar-refractivity contribution in [2.45, 2.75) is 63.3 Å². The van der Waals surface area contributed by atoms with Crippen LogP contribution in [-0.2, 0) is 20.8 Å². The SMILES string of the molecule is CC(C)N1CCCC1c1cc(O)c2c(c1N(C)C)C[C@H]1C[C@H]3[C@H](N(C)C)C(=O)C(C(N)=O)=C(O)[C@@]3(O)C(=O)C1=C2O. The minimum atomic E-state index is -2.65. The molecule has 11 nitrogen and oxygen atoms in total. The molecular weight excluding hydrogens is 528 g/mol. The second-order valence-corrected chi connectivity index (χ2v) is 12.5. The van der Waals surface area contributed by atoms with Gasteiger partial charge in [0, 0.05) is 43.4 Å². The van der Waals surface area contributed by atoms with Crippen LogP contribution in [0.2, 0.25) is 0 Å². The van der Waals surface area contributed by atoms with E-state index in [2.05, 4.69) is 18.7 Å². The quantitative estimate of drug-likeness (QED) is 0.329. The van der Waals surface area contributed by atoms with E-state index in [-0.39, 0.29) is 35.8 Å². The molecule has 0 radical (unpaired) electrons. The number of primary amides is 1. The van der Waals surface area contributed by atoms with Crippen LogP contribution in [0.4, 0.5) is 5.69 Å². The number of phenols is 1. The van der Waals surface area contributed by atoms with Gasteiger partial charge in [-0.15, -0.1) is 0 Å². The molecule has 1 heterocycles. The van der Waals surface area contributed by atoms with Gasteiger partial charge in [0.15, 0.2) is 11.4 Å². The molecule has 5 rings (SSSR count). The smallest absolute Gasteiger partial charge is 0.255 e. The molecule has 1 aliphatic heterocycles. The Morgan fingerprint density at radius 1 is 1.15 bits per heavy atom. The van der Waals surface area contributed by atoms with Crippen molar-refractivity contribution in [3.05, 3.63) is 39.7 Å². The molecule has 0 bridgehead atoms. The Balaban J connectivity index is 1.73. The maximum absolute atomic E-state index is 14.1. The molecule has 1 saturated carbocycles. The number of fused-ring (bicyclic) bond motifs is 3. The molecule has 4 aliphatic rings. The van der Waals surface area contributed by atoms with Crippen molar-refractivity contribution < 1.29 is 34.8 Å². The Bertz CT molecular complexity index is 1410. The van der Waals surface area contributed by atoms with E-state index in [9.17, 15) is 34.8 Å². The number of aromatic hydroxyl groups is 1. The number of likely N-dealkylation sites (tertiary alicyclic amines) is 1. The summed E-state index contributed by atoms with van der Waals surface area (Å²) in [7, 11) is 6.98. The Hall–Kier alpha value is -3.41. The van der Waals surface area contributed by atoms with Crippen LogP contribution in [0, 0.1) is 11.8 Å². The van der Waals surface area contributed by atoms with Gasteiger partial charge in [0.1, 0.15) is 22.8 Å². The highest BCUT2D eigenvalue weighted by Gasteiger charge is 2.64. The average molecular weight is 569 g/mol. The third-order valence-electron chi connectivity index (χ3n) is 9.49. The fraction of sp³-hybridized carbons (Fsp3) is 0.567. The number of nitrogens with zero attached hydrogens (tertiary/aromatic N) is 3. The zero-order valence-electron chi connectivity index (χ0n) is 24.4. The number of likely N-dealkylation sites (N-methyl/N-ethyl adjacent to an activating group) is 1. The lowest BCUT2D eigenvalue weighted by molar-refractivity contribution is -0.153. The number of Topliss-reactive ketones (excluding diaryl/α,β-unsaturated/α-hetero) is 2. The highest BCUT2D eigenvalue weighted by Crippen LogP contribution is 2.55. The Kier molecular flexibility index (Phi) is 6.99. The number of hydrogen-bond donors (Lipinski definition) is 5. The molecule has 6 N–H and O–H groups in total. The monoisotopic (exact) mass is 568 g/mol. The minimum absolute atomic E-state index is 0.0607. The molecule has 1 unspecified atom stereocenters. The molecular formula is C30H40N4O7. The number of aliphatic hydroxyl groups is 3. The molecule has 222 valence electrons. The first-order valence-electron chi connectivity index (χ1n) is 14.1. The van der Waals surface area contributed by atoms with Crippen molar-refractivity contribution in [3.63, 3.8) is 0 Å². The number of rotatable bonds is 5. The van der Waals surface area contributed by atoms with Crippen LogP contribution in [0.1, 0.15) is 55.8 Å². The first kappa shape index (κ1) is 29.1. The Labute approximate surface area is 239 Å². The number of ketones is 2. The molecule has 0 spiro atoms. The van der Waals surface area contributed by atoms with Crippen LogP contribution in [0.25, 0.3) is 5.76 Å². The summed E-state index contributed by atoms with van der Waals surface area (Å²) in [6.45, 7) is 5.22. The van der Waals surface area contributed by atoms with Crippen LogP contribution in [0.15, 0.2) is 23.0 Å². The van der Waals surface area contributed by atoms with Crippen molar-refractivity contribution in [1.82, 2.24) is 9.80 Å². The summed E-state index contributed by atoms with van der Waals surface area (Å²) in [6.07, 6.45) is 2.26. The molecule has 0 aromatic heterocycles. The number of hydrogen-bond acceptors (Lipinski definition) is 10. The van der Waals surface area contributed by atoms with Gasteiger partial charge in [-0.3, -0.25) is 24.2 Å². The van der Waals surface area contributed by atoms with Gasteiger partial charge in [0.25, 0.3) is 5.91 Å². The van der Waals surface area contributed by atoms with E-state index in [1.54, 1.807) is 20.2 Å². The fourth-order valence-corrected chi connectivity index (χ4v) is 7.85. The zero-order valence-corrected chi connectivity index (χ0v) is 24.4. The summed E-state index contributed by atoms with van der Waals surface area (Å²) in [6, 6.07) is 0.906. The number of aliphatic hydroxyl groups excluding tert-OH is 2. The molecule has 1 amide bonds. The molecule has 2 fully saturated rings. The topological polar surface area (TPSA) is 168 Å². The van der Waals surface area contributed by atoms with Gasteiger partial charge in [-0.05, 0) is 83.3 Å². The fourth-order valence-electron chi connectivity index (χ4n) is 7.85. The van der Waals surface area contributed by atoms with E-state index < -0.39 is 58.0 Å². The van der Waals surface area contributed by atoms with Crippen molar-refractivity contribution in [1.29, 1.82) is 0 Å². The van der Waals surface area contributed by atoms with Gasteiger partial charge in [0.2, 0.25) is 5.78 Å². The van der Waals surface area contributed by atoms with Gasteiger partial charge in [-0.1, -0.05) is 0 Å². The molecule has 1 aromatic rings. The zero-order chi connectivity index (χ0) is 30.3. The van der Waals surface area contributed by atoms with Gasteiger partial charge in [-0.25, -0.2) is 0 Å². The van der Waals surface area contributed by atoms with E-state index in [0.717, 1.165) is 30.6 Å². The standard InChI is InChI=1S/C30H40N4O7/c1-13(2)34-9-7-8-18(34)15-12-19(35)21-16(23(15)32(3)4)10-14-11-17-24(33(5)6)26(37)22(29(31)40)28(39)30(17,41)27(38)20(14)25(21)36/h12-14,17-18,24,35-36,39,41H,7-11H2,1-6H3,(H2,31,40)/t14-,17-,18?,24-,30-/m0/s1. The maximum Gasteiger partial charge on any atom is 0.255 e. The lowest BCUT2D eigenvalue weighted by Crippen LogP contribution is -2.65. The summed E-state index contributed by atoms with van der Waals surface area (Å²) in [5.74, 6) is -6.48. The summed E-state index contributed by atoms with van der Waals surface area (Å²) < 4.78 is 0. The van der Waals surface area contributed by atoms with E-state index in [4.69, 9.17) is 5.73 Å². The number of carbonyl (C=O) groups is 3. The normalized spacial score (nSPS) is 30.2. The van der Waals surface area contributed by atoms with Gasteiger partial charge >= 0.3 is 0 Å². The summed E-state index contributed by atoms with van der Waals surface area (Å²) in [5.41, 5.74) is 4.39. The third-order valence-corrected chi connectivity index (χ3v) is 9.49. The van der Waals surface area contributed by atoms with Gasteiger partial charge in [0.05, 0.1) is 11.6 Å². The van der Waals surface area contributed by atoms with Gasteiger partial charge < -0.3 is 31.1 Å². The number of phenolic OH excluding ortho intramolecular Hbond substituents is 1. The molecule has 1 aromatic carbocycles. The molecule has 11 heteroatoms. The van der Waals surface area contributed by atoms with Crippen LogP contribution in [0.5, 0.6) is 5.75 Å². The third kappa shape index (κ3) is 4.00. The lowest BCUT2D eigenvalue weighted by Gasteiger charge is -2.50. The van der Waals surface area contributed by atoms with Crippen molar-refractivity contribution >= 4 is 28.9 Å².